The van der Waals surface area contributed by atoms with E-state index in [1.54, 1.807) is 0 Å². The van der Waals surface area contributed by atoms with E-state index in [4.69, 9.17) is 0 Å². The molecule has 0 N–H and O–H groups in total. The van der Waals surface area contributed by atoms with Gasteiger partial charge in [0.15, 0.2) is 0 Å². The smallest absolute Gasteiger partial charge is 0.00220 e. The Bertz CT molecular complexity index is 69.7. The Labute approximate surface area is 99.3 Å². The minimum atomic E-state index is 1.18. The summed E-state index contributed by atoms with van der Waals surface area (Å²) in [7, 11) is 2.16. The fourth-order valence-electron chi connectivity index (χ4n) is 0.586. The number of hydrogen-bond acceptors (Lipinski definition) is 1. The van der Waals surface area contributed by atoms with Crippen molar-refractivity contribution < 1.29 is 0 Å². The van der Waals surface area contributed by atoms with Crippen LogP contribution in [0.4, 0.5) is 0 Å². The van der Waals surface area contributed by atoms with Gasteiger partial charge in [0.2, 0.25) is 0 Å². The molecule has 0 aromatic rings. The van der Waals surface area contributed by atoms with Gasteiger partial charge in [-0.25, -0.2) is 0 Å². The Morgan fingerprint density at radius 3 is 1.33 bits per heavy atom. The average molecular weight is 217 g/mol. The van der Waals surface area contributed by atoms with E-state index < -0.39 is 0 Å². The molecule has 0 saturated heterocycles. The highest BCUT2D eigenvalue weighted by molar-refractivity contribution is 4.44. The van der Waals surface area contributed by atoms with Crippen LogP contribution in [-0.2, 0) is 0 Å². The van der Waals surface area contributed by atoms with Crippen molar-refractivity contribution in [3.05, 3.63) is 0 Å². The van der Waals surface area contributed by atoms with Crippen LogP contribution < -0.4 is 0 Å². The molecule has 15 heavy (non-hydrogen) atoms. The molecule has 0 fully saturated rings. The van der Waals surface area contributed by atoms with E-state index in [0.29, 0.717) is 0 Å². The molecule has 0 heterocycles. The largest absolute Gasteiger partial charge is 0.307 e. The summed E-state index contributed by atoms with van der Waals surface area (Å²) in [5.41, 5.74) is 0. The number of rotatable bonds is 5. The van der Waals surface area contributed by atoms with Crippen LogP contribution in [0.2, 0.25) is 0 Å². The van der Waals surface area contributed by atoms with Crippen molar-refractivity contribution in [2.75, 3.05) is 20.1 Å². The molecule has 0 atom stereocenters. The van der Waals surface area contributed by atoms with Crippen molar-refractivity contribution in [2.24, 2.45) is 0 Å². The van der Waals surface area contributed by atoms with Crippen molar-refractivity contribution >= 4 is 0 Å². The predicted molar refractivity (Wildman–Crippen MR) is 74.6 cm³/mol. The van der Waals surface area contributed by atoms with Crippen LogP contribution in [0.3, 0.4) is 0 Å². The van der Waals surface area contributed by atoms with Crippen LogP contribution in [0.1, 0.15) is 73.6 Å². The highest BCUT2D eigenvalue weighted by Crippen LogP contribution is 1.89. The molecule has 96 valence electrons. The first-order chi connectivity index (χ1) is 7.14. The lowest BCUT2D eigenvalue weighted by atomic mass is 10.3. The van der Waals surface area contributed by atoms with E-state index in [0.717, 1.165) is 0 Å². The summed E-state index contributed by atoms with van der Waals surface area (Å²) in [6.45, 7) is 15.5. The number of hydrogen-bond donors (Lipinski definition) is 0. The highest BCUT2D eigenvalue weighted by Gasteiger charge is 1.89. The third-order valence-electron chi connectivity index (χ3n) is 1.93. The summed E-state index contributed by atoms with van der Waals surface area (Å²) in [6, 6.07) is 0. The van der Waals surface area contributed by atoms with E-state index in [1.807, 2.05) is 0 Å². The van der Waals surface area contributed by atoms with Gasteiger partial charge in [0.05, 0.1) is 0 Å². The fourth-order valence-corrected chi connectivity index (χ4v) is 0.586. The Balaban J connectivity index is -0.000000173. The Morgan fingerprint density at radius 2 is 1.13 bits per heavy atom. The van der Waals surface area contributed by atoms with E-state index in [-0.39, 0.29) is 0 Å². The summed E-state index contributed by atoms with van der Waals surface area (Å²) >= 11 is 0. The highest BCUT2D eigenvalue weighted by atomic mass is 15.1. The molecule has 0 aliphatic heterocycles. The van der Waals surface area contributed by atoms with Gasteiger partial charge in [-0.05, 0) is 26.6 Å². The maximum Gasteiger partial charge on any atom is -0.00220 e. The van der Waals surface area contributed by atoms with Crippen molar-refractivity contribution in [1.82, 2.24) is 4.90 Å². The predicted octanol–water partition coefficient (Wildman–Crippen LogP) is 4.96. The summed E-state index contributed by atoms with van der Waals surface area (Å²) in [4.78, 5) is 2.34. The standard InChI is InChI=1S/C7H17N.C4H10.C3H8/c1-4-6-7-8(3)5-2;1-3-4-2;1-3-2/h4-7H2,1-3H3;3-4H2,1-2H3;3H2,1-2H3. The maximum absolute atomic E-state index is 2.34. The Morgan fingerprint density at radius 1 is 0.733 bits per heavy atom. The normalized spacial score (nSPS) is 8.80. The van der Waals surface area contributed by atoms with Gasteiger partial charge in [-0.2, -0.15) is 0 Å². The molecule has 0 bridgehead atoms. The zero-order valence-electron chi connectivity index (χ0n) is 12.4. The van der Waals surface area contributed by atoms with E-state index in [1.165, 1.54) is 45.2 Å². The molecule has 0 aliphatic carbocycles. The van der Waals surface area contributed by atoms with E-state index >= 15 is 0 Å². The topological polar surface area (TPSA) is 3.24 Å². The minimum Gasteiger partial charge on any atom is -0.307 e. The molecule has 1 nitrogen and oxygen atoms in total. The van der Waals surface area contributed by atoms with Gasteiger partial charge >= 0.3 is 0 Å². The van der Waals surface area contributed by atoms with Gasteiger partial charge in [-0.15, -0.1) is 0 Å². The van der Waals surface area contributed by atoms with Gasteiger partial charge < -0.3 is 4.90 Å². The van der Waals surface area contributed by atoms with Gasteiger partial charge in [0.25, 0.3) is 0 Å². The Hall–Kier alpha value is -0.0400. The first-order valence-corrected chi connectivity index (χ1v) is 6.82. The van der Waals surface area contributed by atoms with Crippen LogP contribution in [-0.4, -0.2) is 25.0 Å². The summed E-state index contributed by atoms with van der Waals surface area (Å²) in [6.07, 6.45) is 6.54. The second kappa shape index (κ2) is 23.6. The zero-order chi connectivity index (χ0) is 12.5. The molecular formula is C14H35N. The number of nitrogens with zero attached hydrogens (tertiary/aromatic N) is 1. The summed E-state index contributed by atoms with van der Waals surface area (Å²) < 4.78 is 0. The van der Waals surface area contributed by atoms with Crippen LogP contribution >= 0.6 is 0 Å². The first kappa shape index (κ1) is 20.4. The first-order valence-electron chi connectivity index (χ1n) is 6.82. The zero-order valence-corrected chi connectivity index (χ0v) is 12.4. The minimum absolute atomic E-state index is 1.18. The van der Waals surface area contributed by atoms with Crippen LogP contribution in [0, 0.1) is 0 Å². The molecule has 0 radical (unpaired) electrons. The van der Waals surface area contributed by atoms with Crippen LogP contribution in [0.15, 0.2) is 0 Å². The van der Waals surface area contributed by atoms with Crippen LogP contribution in [0.25, 0.3) is 0 Å². The molecule has 0 aromatic heterocycles. The third-order valence-corrected chi connectivity index (χ3v) is 1.93. The monoisotopic (exact) mass is 217 g/mol. The van der Waals surface area contributed by atoms with Crippen LogP contribution in [0.5, 0.6) is 0 Å². The molecule has 0 aromatic carbocycles. The number of unbranched alkanes of at least 4 members (excludes halogenated alkanes) is 2. The Kier molecular flexibility index (Phi) is 32.1. The lowest BCUT2D eigenvalue weighted by Gasteiger charge is -2.11. The molecular weight excluding hydrogens is 182 g/mol. The van der Waals surface area contributed by atoms with E-state index in [9.17, 15) is 0 Å². The van der Waals surface area contributed by atoms with Crippen molar-refractivity contribution in [1.29, 1.82) is 0 Å². The molecule has 0 aliphatic rings. The molecule has 0 spiro atoms. The van der Waals surface area contributed by atoms with Gasteiger partial charge in [0, 0.05) is 0 Å². The lowest BCUT2D eigenvalue weighted by molar-refractivity contribution is 0.346. The third kappa shape index (κ3) is 41.2. The quantitative estimate of drug-likeness (QED) is 0.629. The second-order valence-electron chi connectivity index (χ2n) is 3.96. The molecule has 0 amide bonds. The van der Waals surface area contributed by atoms with Gasteiger partial charge in [-0.3, -0.25) is 0 Å². The molecule has 0 unspecified atom stereocenters. The van der Waals surface area contributed by atoms with Crippen molar-refractivity contribution in [3.63, 3.8) is 0 Å². The summed E-state index contributed by atoms with van der Waals surface area (Å²) in [5.74, 6) is 0. The molecule has 1 heteroatoms. The maximum atomic E-state index is 2.34. The summed E-state index contributed by atoms with van der Waals surface area (Å²) in [5, 5.41) is 0. The lowest BCUT2D eigenvalue weighted by Crippen LogP contribution is -2.18. The van der Waals surface area contributed by atoms with Gasteiger partial charge in [-0.1, -0.05) is 67.2 Å². The SMILES string of the molecule is CCC.CCCC.CCCCN(C)CC. The van der Waals surface area contributed by atoms with E-state index in [2.05, 4.69) is 53.5 Å². The second-order valence-corrected chi connectivity index (χ2v) is 3.96. The molecule has 0 rings (SSSR count). The van der Waals surface area contributed by atoms with Crippen molar-refractivity contribution in [3.8, 4) is 0 Å². The molecule has 0 saturated carbocycles. The van der Waals surface area contributed by atoms with Gasteiger partial charge in [0.1, 0.15) is 0 Å². The average Bonchev–Trinajstić information content (AvgIpc) is 2.27. The van der Waals surface area contributed by atoms with Crippen molar-refractivity contribution in [2.45, 2.75) is 73.6 Å². The fraction of sp³-hybridized carbons (Fsp3) is 1.00.